The Hall–Kier alpha value is -2.81. The standard InChI is InChI=1S/C24H25NO2/c1-16(18-8-9-20-15-21(27-3)12-10-19(20)14-18)24(26)25(2)23-13-11-17-6-4-5-7-22(17)23/h4-10,12,14-16,23H,11,13H2,1-3H3/t16-,23?/m0/s1. The van der Waals surface area contributed by atoms with Gasteiger partial charge in [0.1, 0.15) is 5.75 Å². The van der Waals surface area contributed by atoms with E-state index in [1.807, 2.05) is 37.1 Å². The number of nitrogens with zero attached hydrogens (tertiary/aromatic N) is 1. The summed E-state index contributed by atoms with van der Waals surface area (Å²) in [6, 6.07) is 20.9. The number of ether oxygens (including phenoxy) is 1. The van der Waals surface area contributed by atoms with Gasteiger partial charge in [-0.2, -0.15) is 0 Å². The van der Waals surface area contributed by atoms with Crippen LogP contribution in [0.3, 0.4) is 0 Å². The van der Waals surface area contributed by atoms with Crippen LogP contribution in [0.25, 0.3) is 10.8 Å². The highest BCUT2D eigenvalue weighted by Crippen LogP contribution is 2.36. The summed E-state index contributed by atoms with van der Waals surface area (Å²) in [7, 11) is 3.62. The van der Waals surface area contributed by atoms with Crippen molar-refractivity contribution in [3.05, 3.63) is 77.4 Å². The molecule has 1 unspecified atom stereocenters. The molecule has 0 aliphatic heterocycles. The Morgan fingerprint density at radius 3 is 2.63 bits per heavy atom. The SMILES string of the molecule is COc1ccc2cc([C@H](C)C(=O)N(C)C3CCc4ccccc43)ccc2c1. The van der Waals surface area contributed by atoms with Gasteiger partial charge in [0.15, 0.2) is 0 Å². The molecule has 0 radical (unpaired) electrons. The first-order valence-electron chi connectivity index (χ1n) is 9.50. The fraction of sp³-hybridized carbons (Fsp3) is 0.292. The molecule has 0 heterocycles. The molecule has 0 aromatic heterocycles. The molecule has 1 aliphatic rings. The van der Waals surface area contributed by atoms with Crippen molar-refractivity contribution < 1.29 is 9.53 Å². The third-order valence-corrected chi connectivity index (χ3v) is 5.86. The summed E-state index contributed by atoms with van der Waals surface area (Å²) in [4.78, 5) is 15.1. The van der Waals surface area contributed by atoms with Crippen molar-refractivity contribution in [2.75, 3.05) is 14.2 Å². The van der Waals surface area contributed by atoms with Crippen molar-refractivity contribution >= 4 is 16.7 Å². The molecule has 3 heteroatoms. The van der Waals surface area contributed by atoms with E-state index in [0.29, 0.717) is 0 Å². The fourth-order valence-electron chi connectivity index (χ4n) is 4.18. The van der Waals surface area contributed by atoms with E-state index in [9.17, 15) is 4.79 Å². The van der Waals surface area contributed by atoms with Crippen LogP contribution in [0.15, 0.2) is 60.7 Å². The lowest BCUT2D eigenvalue weighted by Gasteiger charge is -2.28. The van der Waals surface area contributed by atoms with E-state index in [2.05, 4.69) is 42.5 Å². The number of rotatable bonds is 4. The molecule has 0 saturated carbocycles. The predicted molar refractivity (Wildman–Crippen MR) is 109 cm³/mol. The smallest absolute Gasteiger partial charge is 0.230 e. The molecule has 3 aromatic carbocycles. The Bertz CT molecular complexity index is 995. The number of carbonyl (C=O) groups excluding carboxylic acids is 1. The van der Waals surface area contributed by atoms with Crippen molar-refractivity contribution in [1.82, 2.24) is 4.90 Å². The molecule has 27 heavy (non-hydrogen) atoms. The Kier molecular flexibility index (Phi) is 4.61. The molecule has 0 spiro atoms. The highest BCUT2D eigenvalue weighted by Gasteiger charge is 2.30. The van der Waals surface area contributed by atoms with Crippen LogP contribution in [0.2, 0.25) is 0 Å². The topological polar surface area (TPSA) is 29.5 Å². The van der Waals surface area contributed by atoms with E-state index in [4.69, 9.17) is 4.74 Å². The maximum atomic E-state index is 13.2. The maximum Gasteiger partial charge on any atom is 0.230 e. The summed E-state index contributed by atoms with van der Waals surface area (Å²) in [6.07, 6.45) is 2.05. The number of likely N-dealkylation sites (N-methyl/N-ethyl adjacent to an activating group) is 1. The van der Waals surface area contributed by atoms with E-state index >= 15 is 0 Å². The van der Waals surface area contributed by atoms with Crippen molar-refractivity contribution in [2.24, 2.45) is 0 Å². The zero-order valence-corrected chi connectivity index (χ0v) is 16.1. The summed E-state index contributed by atoms with van der Waals surface area (Å²) in [5.74, 6) is 0.845. The molecular formula is C24H25NO2. The minimum atomic E-state index is -0.172. The van der Waals surface area contributed by atoms with E-state index in [1.54, 1.807) is 7.11 Å². The van der Waals surface area contributed by atoms with Gasteiger partial charge in [0, 0.05) is 7.05 Å². The van der Waals surface area contributed by atoms with Gasteiger partial charge in [0.05, 0.1) is 19.1 Å². The van der Waals surface area contributed by atoms with E-state index in [-0.39, 0.29) is 17.9 Å². The Labute approximate surface area is 160 Å². The monoisotopic (exact) mass is 359 g/mol. The number of methoxy groups -OCH3 is 1. The van der Waals surface area contributed by atoms with E-state index < -0.39 is 0 Å². The van der Waals surface area contributed by atoms with Gasteiger partial charge in [-0.1, -0.05) is 48.5 Å². The van der Waals surface area contributed by atoms with Gasteiger partial charge in [-0.15, -0.1) is 0 Å². The van der Waals surface area contributed by atoms with Crippen molar-refractivity contribution in [3.8, 4) is 5.75 Å². The number of aryl methyl sites for hydroxylation is 1. The van der Waals surface area contributed by atoms with Crippen LogP contribution in [0, 0.1) is 0 Å². The second kappa shape index (κ2) is 7.07. The van der Waals surface area contributed by atoms with Gasteiger partial charge in [-0.25, -0.2) is 0 Å². The summed E-state index contributed by atoms with van der Waals surface area (Å²) in [6.45, 7) is 2.00. The van der Waals surface area contributed by atoms with Crippen molar-refractivity contribution in [2.45, 2.75) is 31.7 Å². The molecule has 3 nitrogen and oxygen atoms in total. The van der Waals surface area contributed by atoms with Gasteiger partial charge >= 0.3 is 0 Å². The molecule has 1 amide bonds. The van der Waals surface area contributed by atoms with Crippen LogP contribution in [0.4, 0.5) is 0 Å². The summed E-state index contributed by atoms with van der Waals surface area (Å²) < 4.78 is 5.29. The van der Waals surface area contributed by atoms with Crippen LogP contribution in [-0.2, 0) is 11.2 Å². The molecule has 0 saturated heterocycles. The Morgan fingerprint density at radius 1 is 1.07 bits per heavy atom. The van der Waals surface area contributed by atoms with Gasteiger partial charge in [-0.3, -0.25) is 4.79 Å². The summed E-state index contributed by atoms with van der Waals surface area (Å²) in [5.41, 5.74) is 3.72. The third-order valence-electron chi connectivity index (χ3n) is 5.86. The van der Waals surface area contributed by atoms with Crippen molar-refractivity contribution in [1.29, 1.82) is 0 Å². The van der Waals surface area contributed by atoms with Gasteiger partial charge < -0.3 is 9.64 Å². The number of fused-ring (bicyclic) bond motifs is 2. The number of benzene rings is 3. The van der Waals surface area contributed by atoms with E-state index in [0.717, 1.165) is 34.9 Å². The number of carbonyl (C=O) groups is 1. The lowest BCUT2D eigenvalue weighted by molar-refractivity contribution is -0.133. The highest BCUT2D eigenvalue weighted by molar-refractivity contribution is 5.88. The molecule has 0 bridgehead atoms. The minimum absolute atomic E-state index is 0.171. The molecule has 138 valence electrons. The molecule has 3 aromatic rings. The average molecular weight is 359 g/mol. The lowest BCUT2D eigenvalue weighted by Crippen LogP contribution is -2.33. The number of hydrogen-bond acceptors (Lipinski definition) is 2. The largest absolute Gasteiger partial charge is 0.497 e. The molecular weight excluding hydrogens is 334 g/mol. The quantitative estimate of drug-likeness (QED) is 0.649. The van der Waals surface area contributed by atoms with Gasteiger partial charge in [-0.05, 0) is 59.4 Å². The number of hydrogen-bond donors (Lipinski definition) is 0. The average Bonchev–Trinajstić information content (AvgIpc) is 3.15. The lowest BCUT2D eigenvalue weighted by atomic mass is 9.95. The fourth-order valence-corrected chi connectivity index (χ4v) is 4.18. The van der Waals surface area contributed by atoms with E-state index in [1.165, 1.54) is 11.1 Å². The zero-order valence-electron chi connectivity index (χ0n) is 16.1. The molecule has 4 rings (SSSR count). The summed E-state index contributed by atoms with van der Waals surface area (Å²) >= 11 is 0. The van der Waals surface area contributed by atoms with Crippen LogP contribution < -0.4 is 4.74 Å². The molecule has 0 N–H and O–H groups in total. The minimum Gasteiger partial charge on any atom is -0.497 e. The normalized spacial score (nSPS) is 16.8. The van der Waals surface area contributed by atoms with Crippen LogP contribution >= 0.6 is 0 Å². The van der Waals surface area contributed by atoms with Crippen LogP contribution in [0.5, 0.6) is 5.75 Å². The highest BCUT2D eigenvalue weighted by atomic mass is 16.5. The van der Waals surface area contributed by atoms with Gasteiger partial charge in [0.25, 0.3) is 0 Å². The second-order valence-electron chi connectivity index (χ2n) is 7.40. The van der Waals surface area contributed by atoms with Crippen LogP contribution in [-0.4, -0.2) is 25.0 Å². The first-order chi connectivity index (χ1) is 13.1. The first kappa shape index (κ1) is 17.6. The maximum absolute atomic E-state index is 13.2. The van der Waals surface area contributed by atoms with Crippen LogP contribution in [0.1, 0.15) is 42.0 Å². The molecule has 0 fully saturated rings. The zero-order chi connectivity index (χ0) is 19.0. The Morgan fingerprint density at radius 2 is 1.81 bits per heavy atom. The van der Waals surface area contributed by atoms with Gasteiger partial charge in [0.2, 0.25) is 5.91 Å². The number of amides is 1. The second-order valence-corrected chi connectivity index (χ2v) is 7.40. The first-order valence-corrected chi connectivity index (χ1v) is 9.50. The van der Waals surface area contributed by atoms with Crippen molar-refractivity contribution in [3.63, 3.8) is 0 Å². The molecule has 2 atom stereocenters. The summed E-state index contributed by atoms with van der Waals surface area (Å²) in [5, 5.41) is 2.25. The Balaban J connectivity index is 1.58. The predicted octanol–water partition coefficient (Wildman–Crippen LogP) is 5.10. The third kappa shape index (κ3) is 3.18. The molecule has 1 aliphatic carbocycles.